The summed E-state index contributed by atoms with van der Waals surface area (Å²) >= 11 is 0. The molecule has 26 heavy (non-hydrogen) atoms. The van der Waals surface area contributed by atoms with Gasteiger partial charge in [0.25, 0.3) is 0 Å². The highest BCUT2D eigenvalue weighted by atomic mass is 16.6. The number of aliphatic hydroxyl groups excluding tert-OH is 1. The molecule has 4 atom stereocenters. The van der Waals surface area contributed by atoms with Gasteiger partial charge in [0, 0.05) is 0 Å². The second-order valence-electron chi connectivity index (χ2n) is 6.38. The Morgan fingerprint density at radius 2 is 1.73 bits per heavy atom. The minimum atomic E-state index is -0.676. The smallest absolute Gasteiger partial charge is 0.342 e. The number of para-hydroxylation sites is 1. The first-order valence-electron chi connectivity index (χ1n) is 8.60. The molecule has 2 aliphatic rings. The third kappa shape index (κ3) is 3.44. The van der Waals surface area contributed by atoms with Crippen molar-refractivity contribution in [2.24, 2.45) is 0 Å². The molecule has 0 unspecified atom stereocenters. The van der Waals surface area contributed by atoms with Gasteiger partial charge in [-0.2, -0.15) is 0 Å². The van der Waals surface area contributed by atoms with Crippen LogP contribution in [0.1, 0.15) is 15.9 Å². The Bertz CT molecular complexity index is 762. The fraction of sp³-hybridized carbons (Fsp3) is 0.350. The molecule has 2 aromatic rings. The number of hydrogen-bond donors (Lipinski definition) is 1. The number of hydrogen-bond acceptors (Lipinski definition) is 6. The van der Waals surface area contributed by atoms with Gasteiger partial charge in [0.2, 0.25) is 0 Å². The Morgan fingerprint density at radius 3 is 2.58 bits per heavy atom. The molecule has 6 heteroatoms. The summed E-state index contributed by atoms with van der Waals surface area (Å²) in [5.74, 6) is -0.0305. The number of benzene rings is 2. The quantitative estimate of drug-likeness (QED) is 0.826. The minimum Gasteiger partial charge on any atom is -0.488 e. The van der Waals surface area contributed by atoms with Crippen LogP contribution in [0, 0.1) is 0 Å². The Balaban J connectivity index is 1.43. The van der Waals surface area contributed by atoms with Gasteiger partial charge in [0.15, 0.2) is 6.10 Å². The first-order valence-corrected chi connectivity index (χ1v) is 8.60. The monoisotopic (exact) mass is 356 g/mol. The SMILES string of the molecule is O=C(O[C@@H]1CO[C@H]2[C@@H]1OC[C@@H]2O)c1ccccc1OCc1ccccc1. The molecule has 6 nitrogen and oxygen atoms in total. The van der Waals surface area contributed by atoms with Crippen molar-refractivity contribution in [3.63, 3.8) is 0 Å². The van der Waals surface area contributed by atoms with E-state index in [2.05, 4.69) is 0 Å². The summed E-state index contributed by atoms with van der Waals surface area (Å²) in [6.07, 6.45) is -2.07. The van der Waals surface area contributed by atoms with Crippen LogP contribution in [-0.4, -0.2) is 48.7 Å². The molecule has 0 radical (unpaired) electrons. The summed E-state index contributed by atoms with van der Waals surface area (Å²) in [4.78, 5) is 12.6. The van der Waals surface area contributed by atoms with E-state index < -0.39 is 30.4 Å². The van der Waals surface area contributed by atoms with E-state index in [4.69, 9.17) is 18.9 Å². The van der Waals surface area contributed by atoms with Crippen molar-refractivity contribution in [2.75, 3.05) is 13.2 Å². The van der Waals surface area contributed by atoms with E-state index in [9.17, 15) is 9.90 Å². The predicted octanol–water partition coefficient (Wildman–Crippen LogP) is 1.95. The van der Waals surface area contributed by atoms with Gasteiger partial charge in [-0.05, 0) is 17.7 Å². The van der Waals surface area contributed by atoms with Crippen molar-refractivity contribution >= 4 is 5.97 Å². The number of rotatable bonds is 5. The maximum Gasteiger partial charge on any atom is 0.342 e. The molecule has 0 amide bonds. The van der Waals surface area contributed by atoms with Crippen LogP contribution in [0.5, 0.6) is 5.75 Å². The van der Waals surface area contributed by atoms with Crippen molar-refractivity contribution in [1.82, 2.24) is 0 Å². The van der Waals surface area contributed by atoms with E-state index in [1.54, 1.807) is 18.2 Å². The van der Waals surface area contributed by atoms with Crippen LogP contribution in [0.25, 0.3) is 0 Å². The highest BCUT2D eigenvalue weighted by Gasteiger charge is 2.49. The molecule has 2 heterocycles. The Kier molecular flexibility index (Phi) is 4.88. The lowest BCUT2D eigenvalue weighted by molar-refractivity contribution is -0.0211. The summed E-state index contributed by atoms with van der Waals surface area (Å²) in [7, 11) is 0. The van der Waals surface area contributed by atoms with Crippen LogP contribution < -0.4 is 4.74 Å². The fourth-order valence-corrected chi connectivity index (χ4v) is 3.24. The van der Waals surface area contributed by atoms with Gasteiger partial charge in [-0.25, -0.2) is 4.79 Å². The zero-order valence-corrected chi connectivity index (χ0v) is 14.1. The summed E-state index contributed by atoms with van der Waals surface area (Å²) < 4.78 is 22.4. The van der Waals surface area contributed by atoms with Gasteiger partial charge in [-0.15, -0.1) is 0 Å². The van der Waals surface area contributed by atoms with Gasteiger partial charge in [-0.1, -0.05) is 42.5 Å². The van der Waals surface area contributed by atoms with Crippen LogP contribution in [0.3, 0.4) is 0 Å². The third-order valence-corrected chi connectivity index (χ3v) is 4.58. The minimum absolute atomic E-state index is 0.195. The van der Waals surface area contributed by atoms with Crippen molar-refractivity contribution < 1.29 is 28.8 Å². The number of carbonyl (C=O) groups is 1. The lowest BCUT2D eigenvalue weighted by Crippen LogP contribution is -2.34. The fourth-order valence-electron chi connectivity index (χ4n) is 3.24. The van der Waals surface area contributed by atoms with E-state index in [0.29, 0.717) is 17.9 Å². The zero-order chi connectivity index (χ0) is 17.9. The molecule has 0 saturated carbocycles. The second kappa shape index (κ2) is 7.45. The van der Waals surface area contributed by atoms with E-state index in [-0.39, 0.29) is 13.2 Å². The molecular formula is C20H20O6. The zero-order valence-electron chi connectivity index (χ0n) is 14.1. The topological polar surface area (TPSA) is 74.2 Å². The van der Waals surface area contributed by atoms with Gasteiger partial charge in [0.05, 0.1) is 13.2 Å². The standard InChI is InChI=1S/C20H20O6/c21-15-11-24-19-17(12-25-18(15)19)26-20(22)14-8-4-5-9-16(14)23-10-13-6-2-1-3-7-13/h1-9,15,17-19,21H,10-12H2/t15-,17+,18+,19+/m0/s1. The number of esters is 1. The molecule has 0 bridgehead atoms. The molecular weight excluding hydrogens is 336 g/mol. The van der Waals surface area contributed by atoms with E-state index in [1.165, 1.54) is 0 Å². The first kappa shape index (κ1) is 17.0. The van der Waals surface area contributed by atoms with Crippen LogP contribution >= 0.6 is 0 Å². The van der Waals surface area contributed by atoms with Crippen molar-refractivity contribution in [1.29, 1.82) is 0 Å². The van der Waals surface area contributed by atoms with Gasteiger partial charge in [0.1, 0.15) is 36.2 Å². The molecule has 2 aromatic carbocycles. The van der Waals surface area contributed by atoms with Crippen LogP contribution in [0.15, 0.2) is 54.6 Å². The molecule has 136 valence electrons. The molecule has 0 aromatic heterocycles. The van der Waals surface area contributed by atoms with Crippen LogP contribution in [-0.2, 0) is 20.8 Å². The number of aliphatic hydroxyl groups is 1. The maximum atomic E-state index is 12.6. The van der Waals surface area contributed by atoms with Crippen molar-refractivity contribution in [2.45, 2.75) is 31.0 Å². The Morgan fingerprint density at radius 1 is 1.00 bits per heavy atom. The maximum absolute atomic E-state index is 12.6. The highest BCUT2D eigenvalue weighted by molar-refractivity contribution is 5.92. The number of carbonyl (C=O) groups excluding carboxylic acids is 1. The van der Waals surface area contributed by atoms with Gasteiger partial charge in [-0.3, -0.25) is 0 Å². The average Bonchev–Trinajstić information content (AvgIpc) is 3.24. The molecule has 2 fully saturated rings. The normalized spacial score (nSPS) is 27.1. The second-order valence-corrected chi connectivity index (χ2v) is 6.38. The highest BCUT2D eigenvalue weighted by Crippen LogP contribution is 2.30. The van der Waals surface area contributed by atoms with Crippen LogP contribution in [0.4, 0.5) is 0 Å². The summed E-state index contributed by atoms with van der Waals surface area (Å²) in [6.45, 7) is 0.767. The largest absolute Gasteiger partial charge is 0.488 e. The Labute approximate surface area is 151 Å². The molecule has 2 aliphatic heterocycles. The first-order chi connectivity index (χ1) is 12.7. The van der Waals surface area contributed by atoms with Crippen molar-refractivity contribution in [3.05, 3.63) is 65.7 Å². The summed E-state index contributed by atoms with van der Waals surface area (Å²) in [5.41, 5.74) is 1.36. The lowest BCUT2D eigenvalue weighted by atomic mass is 10.1. The molecule has 0 aliphatic carbocycles. The van der Waals surface area contributed by atoms with Crippen molar-refractivity contribution in [3.8, 4) is 5.75 Å². The van der Waals surface area contributed by atoms with E-state index in [1.807, 2.05) is 36.4 Å². The van der Waals surface area contributed by atoms with Crippen LogP contribution in [0.2, 0.25) is 0 Å². The molecule has 1 N–H and O–H groups in total. The Hall–Kier alpha value is -2.41. The average molecular weight is 356 g/mol. The third-order valence-electron chi connectivity index (χ3n) is 4.58. The molecule has 4 rings (SSSR count). The van der Waals surface area contributed by atoms with E-state index >= 15 is 0 Å². The molecule has 0 spiro atoms. The predicted molar refractivity (Wildman–Crippen MR) is 91.9 cm³/mol. The number of ether oxygens (including phenoxy) is 4. The van der Waals surface area contributed by atoms with Gasteiger partial charge < -0.3 is 24.1 Å². The van der Waals surface area contributed by atoms with Gasteiger partial charge >= 0.3 is 5.97 Å². The summed E-state index contributed by atoms with van der Waals surface area (Å²) in [5, 5.41) is 9.78. The summed E-state index contributed by atoms with van der Waals surface area (Å²) in [6, 6.07) is 16.7. The molecule has 2 saturated heterocycles. The lowest BCUT2D eigenvalue weighted by Gasteiger charge is -2.18. The number of fused-ring (bicyclic) bond motifs is 1. The van der Waals surface area contributed by atoms with E-state index in [0.717, 1.165) is 5.56 Å².